The highest BCUT2D eigenvalue weighted by Gasteiger charge is 1.98. The third kappa shape index (κ3) is 5.91. The maximum atomic E-state index is 10.6. The molecule has 0 fully saturated rings. The molecule has 0 radical (unpaired) electrons. The predicted molar refractivity (Wildman–Crippen MR) is 43.0 cm³/mol. The third-order valence-corrected chi connectivity index (χ3v) is 1.75. The van der Waals surface area contributed by atoms with Gasteiger partial charge in [0.2, 0.25) is 0 Å². The molecule has 0 aromatic heterocycles. The lowest BCUT2D eigenvalue weighted by atomic mass is 10.8. The van der Waals surface area contributed by atoms with E-state index in [1.807, 2.05) is 0 Å². The Kier molecular flexibility index (Phi) is 6.74. The van der Waals surface area contributed by atoms with Crippen LogP contribution in [-0.4, -0.2) is 30.6 Å². The Balaban J connectivity index is 3.05. The van der Waals surface area contributed by atoms with Crippen molar-refractivity contribution >= 4 is 17.7 Å². The minimum Gasteiger partial charge on any atom is -0.465 e. The molecule has 0 saturated heterocycles. The van der Waals surface area contributed by atoms with Crippen molar-refractivity contribution in [3.8, 4) is 0 Å². The first kappa shape index (κ1) is 9.78. The molecule has 3 nitrogen and oxygen atoms in total. The van der Waals surface area contributed by atoms with E-state index in [0.717, 1.165) is 5.75 Å². The summed E-state index contributed by atoms with van der Waals surface area (Å²) in [4.78, 5) is 10.6. The van der Waals surface area contributed by atoms with Gasteiger partial charge in [-0.2, -0.15) is 0 Å². The summed E-state index contributed by atoms with van der Waals surface area (Å²) in [5.41, 5.74) is 5.22. The van der Waals surface area contributed by atoms with Gasteiger partial charge in [0, 0.05) is 12.3 Å². The van der Waals surface area contributed by atoms with Crippen molar-refractivity contribution in [1.82, 2.24) is 0 Å². The maximum absolute atomic E-state index is 10.6. The molecule has 0 aromatic carbocycles. The lowest BCUT2D eigenvalue weighted by molar-refractivity contribution is -0.139. The zero-order chi connectivity index (χ0) is 7.82. The summed E-state index contributed by atoms with van der Waals surface area (Å²) >= 11 is 1.50. The summed E-state index contributed by atoms with van der Waals surface area (Å²) < 4.78 is 4.69. The van der Waals surface area contributed by atoms with Gasteiger partial charge in [0.15, 0.2) is 0 Å². The summed E-state index contributed by atoms with van der Waals surface area (Å²) in [6.07, 6.45) is 0. The van der Waals surface area contributed by atoms with Gasteiger partial charge < -0.3 is 10.5 Å². The first-order valence-corrected chi connectivity index (χ1v) is 4.40. The molecule has 0 heterocycles. The van der Waals surface area contributed by atoms with Crippen LogP contribution in [0.5, 0.6) is 0 Å². The van der Waals surface area contributed by atoms with E-state index in [9.17, 15) is 4.79 Å². The standard InChI is InChI=1S/C6H13NO2S/c1-2-9-6(8)5-10-4-3-7/h2-5,7H2,1H3. The highest BCUT2D eigenvalue weighted by molar-refractivity contribution is 7.99. The van der Waals surface area contributed by atoms with Gasteiger partial charge >= 0.3 is 5.97 Å². The van der Waals surface area contributed by atoms with Gasteiger partial charge in [0.25, 0.3) is 0 Å². The van der Waals surface area contributed by atoms with E-state index in [0.29, 0.717) is 18.9 Å². The number of thioether (sulfide) groups is 1. The van der Waals surface area contributed by atoms with Crippen molar-refractivity contribution in [2.24, 2.45) is 5.73 Å². The van der Waals surface area contributed by atoms with Crippen molar-refractivity contribution in [3.05, 3.63) is 0 Å². The molecule has 0 spiro atoms. The molecule has 0 unspecified atom stereocenters. The predicted octanol–water partition coefficient (Wildman–Crippen LogP) is 0.241. The van der Waals surface area contributed by atoms with Crippen molar-refractivity contribution in [3.63, 3.8) is 0 Å². The van der Waals surface area contributed by atoms with Crippen LogP contribution in [0, 0.1) is 0 Å². The fourth-order valence-electron chi connectivity index (χ4n) is 0.441. The van der Waals surface area contributed by atoms with Gasteiger partial charge in [0.05, 0.1) is 12.4 Å². The van der Waals surface area contributed by atoms with E-state index in [4.69, 9.17) is 5.73 Å². The fraction of sp³-hybridized carbons (Fsp3) is 0.833. The van der Waals surface area contributed by atoms with Crippen LogP contribution in [0.2, 0.25) is 0 Å². The normalized spacial score (nSPS) is 9.40. The SMILES string of the molecule is CCOC(=O)CSCCN. The van der Waals surface area contributed by atoms with Gasteiger partial charge in [-0.25, -0.2) is 0 Å². The van der Waals surface area contributed by atoms with Gasteiger partial charge in [-0.05, 0) is 6.92 Å². The Morgan fingerprint density at radius 1 is 1.70 bits per heavy atom. The number of esters is 1. The zero-order valence-corrected chi connectivity index (χ0v) is 6.95. The first-order valence-electron chi connectivity index (χ1n) is 3.24. The number of carbonyl (C=O) groups is 1. The third-order valence-electron chi connectivity index (χ3n) is 0.787. The Hall–Kier alpha value is -0.220. The molecule has 0 aromatic rings. The molecule has 0 amide bonds. The molecule has 10 heavy (non-hydrogen) atoms. The smallest absolute Gasteiger partial charge is 0.315 e. The minimum atomic E-state index is -0.152. The molecule has 0 aliphatic rings. The molecular formula is C6H13NO2S. The number of carbonyl (C=O) groups excluding carboxylic acids is 1. The monoisotopic (exact) mass is 163 g/mol. The highest BCUT2D eigenvalue weighted by atomic mass is 32.2. The van der Waals surface area contributed by atoms with E-state index in [2.05, 4.69) is 4.74 Å². The Morgan fingerprint density at radius 3 is 2.90 bits per heavy atom. The van der Waals surface area contributed by atoms with E-state index < -0.39 is 0 Å². The summed E-state index contributed by atoms with van der Waals surface area (Å²) in [6.45, 7) is 2.87. The molecule has 60 valence electrons. The quantitative estimate of drug-likeness (QED) is 0.466. The second-order valence-electron chi connectivity index (χ2n) is 1.65. The van der Waals surface area contributed by atoms with Crippen LogP contribution in [-0.2, 0) is 9.53 Å². The largest absolute Gasteiger partial charge is 0.465 e. The maximum Gasteiger partial charge on any atom is 0.315 e. The summed E-state index contributed by atoms with van der Waals surface area (Å²) in [7, 11) is 0. The van der Waals surface area contributed by atoms with Crippen molar-refractivity contribution in [2.75, 3.05) is 24.7 Å². The molecule has 0 rings (SSSR count). The lowest BCUT2D eigenvalue weighted by Gasteiger charge is -1.99. The van der Waals surface area contributed by atoms with Crippen molar-refractivity contribution < 1.29 is 9.53 Å². The van der Waals surface area contributed by atoms with Crippen LogP contribution < -0.4 is 5.73 Å². The number of hydrogen-bond donors (Lipinski definition) is 1. The van der Waals surface area contributed by atoms with E-state index in [-0.39, 0.29) is 5.97 Å². The van der Waals surface area contributed by atoms with Crippen LogP contribution in [0.4, 0.5) is 0 Å². The van der Waals surface area contributed by atoms with Crippen LogP contribution >= 0.6 is 11.8 Å². The van der Waals surface area contributed by atoms with E-state index in [1.165, 1.54) is 11.8 Å². The molecule has 0 aliphatic heterocycles. The number of ether oxygens (including phenoxy) is 1. The van der Waals surface area contributed by atoms with Crippen LogP contribution in [0.15, 0.2) is 0 Å². The molecular weight excluding hydrogens is 150 g/mol. The van der Waals surface area contributed by atoms with Crippen LogP contribution in [0.3, 0.4) is 0 Å². The molecule has 4 heteroatoms. The molecule has 0 bridgehead atoms. The zero-order valence-electron chi connectivity index (χ0n) is 6.13. The molecule has 0 aliphatic carbocycles. The second-order valence-corrected chi connectivity index (χ2v) is 2.75. The molecule has 2 N–H and O–H groups in total. The van der Waals surface area contributed by atoms with E-state index in [1.54, 1.807) is 6.92 Å². The number of nitrogens with two attached hydrogens (primary N) is 1. The second kappa shape index (κ2) is 6.89. The average Bonchev–Trinajstić information content (AvgIpc) is 1.89. The molecule has 0 atom stereocenters. The van der Waals surface area contributed by atoms with Gasteiger partial charge in [-0.3, -0.25) is 4.79 Å². The Bertz CT molecular complexity index is 97.7. The highest BCUT2D eigenvalue weighted by Crippen LogP contribution is 1.97. The number of rotatable bonds is 5. The topological polar surface area (TPSA) is 52.3 Å². The van der Waals surface area contributed by atoms with Crippen LogP contribution in [0.25, 0.3) is 0 Å². The summed E-state index contributed by atoms with van der Waals surface area (Å²) in [5, 5.41) is 0. The minimum absolute atomic E-state index is 0.152. The molecule has 0 saturated carbocycles. The summed E-state index contributed by atoms with van der Waals surface area (Å²) in [5.74, 6) is 1.09. The van der Waals surface area contributed by atoms with Gasteiger partial charge in [0.1, 0.15) is 0 Å². The van der Waals surface area contributed by atoms with E-state index >= 15 is 0 Å². The van der Waals surface area contributed by atoms with Gasteiger partial charge in [-0.15, -0.1) is 11.8 Å². The lowest BCUT2D eigenvalue weighted by Crippen LogP contribution is -2.09. The summed E-state index contributed by atoms with van der Waals surface area (Å²) in [6, 6.07) is 0. The van der Waals surface area contributed by atoms with Crippen molar-refractivity contribution in [2.45, 2.75) is 6.92 Å². The Labute approximate surface area is 65.3 Å². The average molecular weight is 163 g/mol. The first-order chi connectivity index (χ1) is 4.81. The Morgan fingerprint density at radius 2 is 2.40 bits per heavy atom. The van der Waals surface area contributed by atoms with Gasteiger partial charge in [-0.1, -0.05) is 0 Å². The van der Waals surface area contributed by atoms with Crippen LogP contribution in [0.1, 0.15) is 6.92 Å². The fourth-order valence-corrected chi connectivity index (χ4v) is 1.00. The van der Waals surface area contributed by atoms with Crippen molar-refractivity contribution in [1.29, 1.82) is 0 Å². The number of hydrogen-bond acceptors (Lipinski definition) is 4.